The Morgan fingerprint density at radius 3 is 2.84 bits per heavy atom. The summed E-state index contributed by atoms with van der Waals surface area (Å²) in [5, 5.41) is 23.9. The Bertz CT molecular complexity index is 464. The summed E-state index contributed by atoms with van der Waals surface area (Å²) in [5.41, 5.74) is 0.595. The van der Waals surface area contributed by atoms with E-state index in [0.717, 1.165) is 32.1 Å². The second-order valence-electron chi connectivity index (χ2n) is 5.07. The standard InChI is InChI=1S/C13H19N3O3/c1-9-7-13(14-8-11(9)16(18)19)15-10-5-3-2-4-6-12(10)17/h7-8,10,12,17H,2-6H2,1H3,(H,14,15). The first-order valence-electron chi connectivity index (χ1n) is 6.63. The van der Waals surface area contributed by atoms with Crippen LogP contribution in [0, 0.1) is 17.0 Å². The van der Waals surface area contributed by atoms with Gasteiger partial charge in [0, 0.05) is 5.56 Å². The van der Waals surface area contributed by atoms with Crippen LogP contribution in [0.2, 0.25) is 0 Å². The first-order chi connectivity index (χ1) is 9.08. The molecule has 1 aliphatic rings. The van der Waals surface area contributed by atoms with Gasteiger partial charge in [0.2, 0.25) is 0 Å². The van der Waals surface area contributed by atoms with Crippen LogP contribution in [0.1, 0.15) is 37.7 Å². The van der Waals surface area contributed by atoms with Gasteiger partial charge in [-0.05, 0) is 25.8 Å². The third-order valence-corrected chi connectivity index (χ3v) is 3.59. The van der Waals surface area contributed by atoms with E-state index in [0.29, 0.717) is 11.4 Å². The molecule has 0 amide bonds. The van der Waals surface area contributed by atoms with Gasteiger partial charge in [-0.2, -0.15) is 0 Å². The van der Waals surface area contributed by atoms with Crippen LogP contribution >= 0.6 is 0 Å². The van der Waals surface area contributed by atoms with Gasteiger partial charge in [-0.1, -0.05) is 19.3 Å². The van der Waals surface area contributed by atoms with Crippen molar-refractivity contribution in [2.45, 2.75) is 51.2 Å². The Balaban J connectivity index is 2.10. The maximum atomic E-state index is 10.7. The van der Waals surface area contributed by atoms with Crippen molar-refractivity contribution in [3.8, 4) is 0 Å². The fraction of sp³-hybridized carbons (Fsp3) is 0.615. The predicted molar refractivity (Wildman–Crippen MR) is 72.1 cm³/mol. The van der Waals surface area contributed by atoms with Gasteiger partial charge >= 0.3 is 0 Å². The fourth-order valence-corrected chi connectivity index (χ4v) is 2.47. The molecule has 0 spiro atoms. The molecule has 6 heteroatoms. The Morgan fingerprint density at radius 1 is 1.42 bits per heavy atom. The van der Waals surface area contributed by atoms with Crippen LogP contribution in [0.5, 0.6) is 0 Å². The highest BCUT2D eigenvalue weighted by atomic mass is 16.6. The molecule has 0 aliphatic heterocycles. The molecule has 1 heterocycles. The maximum absolute atomic E-state index is 10.7. The third-order valence-electron chi connectivity index (χ3n) is 3.59. The lowest BCUT2D eigenvalue weighted by atomic mass is 10.1. The summed E-state index contributed by atoms with van der Waals surface area (Å²) in [6, 6.07) is 1.64. The predicted octanol–water partition coefficient (Wildman–Crippen LogP) is 2.40. The molecule has 0 aromatic carbocycles. The average molecular weight is 265 g/mol. The van der Waals surface area contributed by atoms with Gasteiger partial charge in [0.05, 0.1) is 17.1 Å². The summed E-state index contributed by atoms with van der Waals surface area (Å²) in [6.45, 7) is 1.69. The van der Waals surface area contributed by atoms with Crippen LogP contribution < -0.4 is 5.32 Å². The zero-order valence-electron chi connectivity index (χ0n) is 11.0. The minimum Gasteiger partial charge on any atom is -0.391 e. The van der Waals surface area contributed by atoms with Gasteiger partial charge in [-0.3, -0.25) is 10.1 Å². The summed E-state index contributed by atoms with van der Waals surface area (Å²) in [7, 11) is 0. The summed E-state index contributed by atoms with van der Waals surface area (Å²) >= 11 is 0. The van der Waals surface area contributed by atoms with Gasteiger partial charge in [-0.15, -0.1) is 0 Å². The number of aromatic nitrogens is 1. The monoisotopic (exact) mass is 265 g/mol. The lowest BCUT2D eigenvalue weighted by Gasteiger charge is -2.22. The molecule has 104 valence electrons. The number of nitrogens with one attached hydrogen (secondary N) is 1. The fourth-order valence-electron chi connectivity index (χ4n) is 2.47. The Labute approximate surface area is 112 Å². The van der Waals surface area contributed by atoms with E-state index in [2.05, 4.69) is 10.3 Å². The lowest BCUT2D eigenvalue weighted by Crippen LogP contribution is -2.32. The number of nitro groups is 1. The molecule has 2 unspecified atom stereocenters. The summed E-state index contributed by atoms with van der Waals surface area (Å²) in [5.74, 6) is 0.592. The van der Waals surface area contributed by atoms with Crippen molar-refractivity contribution in [1.82, 2.24) is 4.98 Å². The summed E-state index contributed by atoms with van der Waals surface area (Å²) < 4.78 is 0. The van der Waals surface area contributed by atoms with Crippen LogP contribution in [0.4, 0.5) is 11.5 Å². The number of aryl methyl sites for hydroxylation is 1. The molecule has 2 rings (SSSR count). The van der Waals surface area contributed by atoms with Crippen molar-refractivity contribution < 1.29 is 10.0 Å². The molecule has 2 N–H and O–H groups in total. The highest BCUT2D eigenvalue weighted by molar-refractivity contribution is 5.47. The van der Waals surface area contributed by atoms with Crippen LogP contribution in [-0.2, 0) is 0 Å². The Hall–Kier alpha value is -1.69. The Kier molecular flexibility index (Phi) is 4.31. The van der Waals surface area contributed by atoms with Crippen molar-refractivity contribution in [2.24, 2.45) is 0 Å². The van der Waals surface area contributed by atoms with Gasteiger partial charge in [0.1, 0.15) is 12.0 Å². The molecule has 19 heavy (non-hydrogen) atoms. The zero-order valence-corrected chi connectivity index (χ0v) is 11.0. The highest BCUT2D eigenvalue weighted by Gasteiger charge is 2.22. The number of rotatable bonds is 3. The van der Waals surface area contributed by atoms with Crippen LogP contribution in [-0.4, -0.2) is 27.2 Å². The van der Waals surface area contributed by atoms with Gasteiger partial charge in [0.25, 0.3) is 5.69 Å². The molecule has 1 aromatic rings. The van der Waals surface area contributed by atoms with Crippen LogP contribution in [0.15, 0.2) is 12.3 Å². The SMILES string of the molecule is Cc1cc(NC2CCCCCC2O)ncc1[N+](=O)[O-]. The van der Waals surface area contributed by atoms with Crippen molar-refractivity contribution >= 4 is 11.5 Å². The molecule has 1 aliphatic carbocycles. The molecule has 2 atom stereocenters. The lowest BCUT2D eigenvalue weighted by molar-refractivity contribution is -0.385. The molecule has 0 radical (unpaired) electrons. The number of aliphatic hydroxyl groups is 1. The van der Waals surface area contributed by atoms with E-state index < -0.39 is 4.92 Å². The van der Waals surface area contributed by atoms with Gasteiger partial charge < -0.3 is 10.4 Å². The molecular weight excluding hydrogens is 246 g/mol. The second kappa shape index (κ2) is 5.97. The minimum absolute atomic E-state index is 0.0177. The van der Waals surface area contributed by atoms with Crippen molar-refractivity contribution in [3.05, 3.63) is 27.9 Å². The smallest absolute Gasteiger partial charge is 0.290 e. The summed E-state index contributed by atoms with van der Waals surface area (Å²) in [4.78, 5) is 14.3. The van der Waals surface area contributed by atoms with E-state index in [1.165, 1.54) is 6.20 Å². The normalized spacial score (nSPS) is 23.7. The third kappa shape index (κ3) is 3.41. The molecule has 0 bridgehead atoms. The molecular formula is C13H19N3O3. The van der Waals surface area contributed by atoms with Crippen molar-refractivity contribution in [1.29, 1.82) is 0 Å². The summed E-state index contributed by atoms with van der Waals surface area (Å²) in [6.07, 6.45) is 5.86. The minimum atomic E-state index is -0.438. The molecule has 0 saturated heterocycles. The van der Waals surface area contributed by atoms with Gasteiger partial charge in [-0.25, -0.2) is 4.98 Å². The first kappa shape index (κ1) is 13.7. The largest absolute Gasteiger partial charge is 0.391 e. The first-order valence-corrected chi connectivity index (χ1v) is 6.63. The molecule has 6 nitrogen and oxygen atoms in total. The quantitative estimate of drug-likeness (QED) is 0.497. The molecule has 1 aromatic heterocycles. The highest BCUT2D eigenvalue weighted by Crippen LogP contribution is 2.23. The Morgan fingerprint density at radius 2 is 2.16 bits per heavy atom. The van der Waals surface area contributed by atoms with E-state index >= 15 is 0 Å². The number of pyridine rings is 1. The number of nitrogens with zero attached hydrogens (tertiary/aromatic N) is 2. The van der Waals surface area contributed by atoms with E-state index in [4.69, 9.17) is 0 Å². The van der Waals surface area contributed by atoms with Gasteiger partial charge in [0.15, 0.2) is 0 Å². The van der Waals surface area contributed by atoms with E-state index in [9.17, 15) is 15.2 Å². The van der Waals surface area contributed by atoms with E-state index in [1.54, 1.807) is 13.0 Å². The van der Waals surface area contributed by atoms with Crippen molar-refractivity contribution in [2.75, 3.05) is 5.32 Å². The molecule has 1 fully saturated rings. The number of aliphatic hydroxyl groups excluding tert-OH is 1. The maximum Gasteiger partial charge on any atom is 0.290 e. The second-order valence-corrected chi connectivity index (χ2v) is 5.07. The number of anilines is 1. The number of hydrogen-bond acceptors (Lipinski definition) is 5. The average Bonchev–Trinajstić information content (AvgIpc) is 2.55. The van der Waals surface area contributed by atoms with E-state index in [-0.39, 0.29) is 17.8 Å². The molecule has 1 saturated carbocycles. The zero-order chi connectivity index (χ0) is 13.8. The van der Waals surface area contributed by atoms with Crippen LogP contribution in [0.25, 0.3) is 0 Å². The van der Waals surface area contributed by atoms with Crippen LogP contribution in [0.3, 0.4) is 0 Å². The number of hydrogen-bond donors (Lipinski definition) is 2. The topological polar surface area (TPSA) is 88.3 Å². The van der Waals surface area contributed by atoms with E-state index in [1.807, 2.05) is 0 Å². The van der Waals surface area contributed by atoms with Crippen molar-refractivity contribution in [3.63, 3.8) is 0 Å².